The molecule has 1 aromatic heterocycles. The van der Waals surface area contributed by atoms with Gasteiger partial charge < -0.3 is 25.5 Å². The lowest BCUT2D eigenvalue weighted by Crippen LogP contribution is -2.52. The number of aliphatic hydroxyl groups excluding tert-OH is 1. The number of amides is 2. The quantitative estimate of drug-likeness (QED) is 0.341. The summed E-state index contributed by atoms with van der Waals surface area (Å²) in [6.45, 7) is 1.50. The first kappa shape index (κ1) is 23.9. The summed E-state index contributed by atoms with van der Waals surface area (Å²) in [7, 11) is 0. The van der Waals surface area contributed by atoms with Gasteiger partial charge in [0.2, 0.25) is 16.9 Å². The maximum Gasteiger partial charge on any atom is 0.249 e. The highest BCUT2D eigenvalue weighted by Crippen LogP contribution is 2.28. The minimum atomic E-state index is -1.46. The molecule has 0 aliphatic carbocycles. The van der Waals surface area contributed by atoms with Gasteiger partial charge in [-0.1, -0.05) is 12.1 Å². The van der Waals surface area contributed by atoms with E-state index in [0.717, 1.165) is 11.8 Å². The first-order valence-electron chi connectivity index (χ1n) is 9.76. The SMILES string of the molecule is CC(NC(=O)C(O)Cc1ccc(O)c(O)c1)C(=O)N1CSCC1C(=O)Sc1ccccn1. The van der Waals surface area contributed by atoms with Gasteiger partial charge in [0.25, 0.3) is 0 Å². The lowest BCUT2D eigenvalue weighted by atomic mass is 10.1. The number of aromatic hydroxyl groups is 2. The number of thioether (sulfide) groups is 2. The average Bonchev–Trinajstić information content (AvgIpc) is 3.26. The van der Waals surface area contributed by atoms with E-state index in [0.29, 0.717) is 22.2 Å². The van der Waals surface area contributed by atoms with E-state index >= 15 is 0 Å². The molecule has 3 rings (SSSR count). The molecule has 1 aromatic carbocycles. The summed E-state index contributed by atoms with van der Waals surface area (Å²) < 4.78 is 0. The molecule has 11 heteroatoms. The van der Waals surface area contributed by atoms with Gasteiger partial charge >= 0.3 is 0 Å². The van der Waals surface area contributed by atoms with Crippen LogP contribution in [0.3, 0.4) is 0 Å². The first-order valence-corrected chi connectivity index (χ1v) is 11.7. The van der Waals surface area contributed by atoms with E-state index in [2.05, 4.69) is 10.3 Å². The van der Waals surface area contributed by atoms with Gasteiger partial charge in [0, 0.05) is 18.4 Å². The summed E-state index contributed by atoms with van der Waals surface area (Å²) >= 11 is 2.42. The Morgan fingerprint density at radius 1 is 1.25 bits per heavy atom. The molecule has 2 heterocycles. The average molecular weight is 478 g/mol. The topological polar surface area (TPSA) is 140 Å². The number of aliphatic hydroxyl groups is 1. The third kappa shape index (κ3) is 5.93. The zero-order valence-corrected chi connectivity index (χ0v) is 18.8. The Morgan fingerprint density at radius 3 is 2.72 bits per heavy atom. The van der Waals surface area contributed by atoms with Crippen molar-refractivity contribution >= 4 is 40.5 Å². The normalized spacial score (nSPS) is 17.6. The number of rotatable bonds is 7. The van der Waals surface area contributed by atoms with E-state index in [-0.39, 0.29) is 23.0 Å². The van der Waals surface area contributed by atoms with Crippen LogP contribution in [-0.4, -0.2) is 72.0 Å². The lowest BCUT2D eigenvalue weighted by Gasteiger charge is -2.26. The van der Waals surface area contributed by atoms with Crippen molar-refractivity contribution in [2.45, 2.75) is 36.6 Å². The summed E-state index contributed by atoms with van der Waals surface area (Å²) in [4.78, 5) is 43.5. The highest BCUT2D eigenvalue weighted by atomic mass is 32.2. The van der Waals surface area contributed by atoms with Crippen molar-refractivity contribution in [3.63, 3.8) is 0 Å². The standard InChI is InChI=1S/C21H23N3O6S2/c1-12(23-19(28)17(27)9-13-5-6-15(25)16(26)8-13)20(29)24-11-31-10-14(24)21(30)32-18-4-2-3-7-22-18/h2-8,12,14,17,25-27H,9-11H2,1H3,(H,23,28). The van der Waals surface area contributed by atoms with E-state index < -0.39 is 30.0 Å². The van der Waals surface area contributed by atoms with Crippen LogP contribution in [0.4, 0.5) is 0 Å². The summed E-state index contributed by atoms with van der Waals surface area (Å²) in [6, 6.07) is 7.63. The van der Waals surface area contributed by atoms with Crippen LogP contribution in [0.25, 0.3) is 0 Å². The Morgan fingerprint density at radius 2 is 2.03 bits per heavy atom. The van der Waals surface area contributed by atoms with Crippen LogP contribution in [0.5, 0.6) is 11.5 Å². The molecule has 0 spiro atoms. The smallest absolute Gasteiger partial charge is 0.249 e. The van der Waals surface area contributed by atoms with Crippen LogP contribution in [-0.2, 0) is 20.8 Å². The van der Waals surface area contributed by atoms with Crippen LogP contribution >= 0.6 is 23.5 Å². The molecule has 170 valence electrons. The molecule has 0 bridgehead atoms. The van der Waals surface area contributed by atoms with Crippen molar-refractivity contribution in [2.75, 3.05) is 11.6 Å². The number of nitrogens with zero attached hydrogens (tertiary/aromatic N) is 2. The number of hydrogen-bond acceptors (Lipinski definition) is 9. The molecule has 1 aliphatic heterocycles. The van der Waals surface area contributed by atoms with Crippen LogP contribution in [0.1, 0.15) is 12.5 Å². The zero-order valence-electron chi connectivity index (χ0n) is 17.2. The number of phenolic OH excluding ortho intramolecular Hbond substituents is 2. The van der Waals surface area contributed by atoms with Crippen LogP contribution in [0, 0.1) is 0 Å². The van der Waals surface area contributed by atoms with E-state index in [1.54, 1.807) is 24.4 Å². The Kier molecular flexibility index (Phi) is 7.99. The minimum Gasteiger partial charge on any atom is -0.504 e. The van der Waals surface area contributed by atoms with Crippen LogP contribution in [0.15, 0.2) is 47.6 Å². The monoisotopic (exact) mass is 477 g/mol. The predicted molar refractivity (Wildman–Crippen MR) is 120 cm³/mol. The van der Waals surface area contributed by atoms with E-state index in [9.17, 15) is 29.7 Å². The Labute approximate surface area is 193 Å². The second-order valence-electron chi connectivity index (χ2n) is 7.19. The van der Waals surface area contributed by atoms with E-state index in [1.807, 2.05) is 0 Å². The molecule has 1 saturated heterocycles. The van der Waals surface area contributed by atoms with Crippen molar-refractivity contribution < 1.29 is 29.7 Å². The molecule has 3 unspecified atom stereocenters. The van der Waals surface area contributed by atoms with Gasteiger partial charge in [-0.2, -0.15) is 0 Å². The second-order valence-corrected chi connectivity index (χ2v) is 9.21. The van der Waals surface area contributed by atoms with Crippen molar-refractivity contribution in [3.8, 4) is 11.5 Å². The van der Waals surface area contributed by atoms with Crippen molar-refractivity contribution in [1.82, 2.24) is 15.2 Å². The van der Waals surface area contributed by atoms with Gasteiger partial charge in [-0.05, 0) is 48.5 Å². The molecule has 1 aliphatic rings. The molecule has 9 nitrogen and oxygen atoms in total. The maximum atomic E-state index is 12.9. The number of hydrogen-bond donors (Lipinski definition) is 4. The molecule has 4 N–H and O–H groups in total. The fraction of sp³-hybridized carbons (Fsp3) is 0.333. The molecular formula is C21H23N3O6S2. The summed E-state index contributed by atoms with van der Waals surface area (Å²) in [5.74, 6) is -1.05. The number of carbonyl (C=O) groups is 3. The van der Waals surface area contributed by atoms with Crippen molar-refractivity contribution in [2.24, 2.45) is 0 Å². The third-order valence-electron chi connectivity index (χ3n) is 4.78. The number of aromatic nitrogens is 1. The number of pyridine rings is 1. The van der Waals surface area contributed by atoms with Gasteiger partial charge in [0.1, 0.15) is 23.2 Å². The largest absolute Gasteiger partial charge is 0.504 e. The van der Waals surface area contributed by atoms with Gasteiger partial charge in [-0.25, -0.2) is 4.98 Å². The lowest BCUT2D eigenvalue weighted by molar-refractivity contribution is -0.140. The minimum absolute atomic E-state index is 0.109. The van der Waals surface area contributed by atoms with Gasteiger partial charge in [0.15, 0.2) is 11.5 Å². The number of nitrogens with one attached hydrogen (secondary N) is 1. The molecule has 1 fully saturated rings. The highest BCUT2D eigenvalue weighted by molar-refractivity contribution is 8.13. The van der Waals surface area contributed by atoms with Gasteiger partial charge in [0.05, 0.1) is 5.88 Å². The first-order chi connectivity index (χ1) is 15.3. The molecule has 32 heavy (non-hydrogen) atoms. The molecule has 0 radical (unpaired) electrons. The van der Waals surface area contributed by atoms with Crippen LogP contribution in [0.2, 0.25) is 0 Å². The Bertz CT molecular complexity index is 991. The van der Waals surface area contributed by atoms with E-state index in [1.165, 1.54) is 41.8 Å². The fourth-order valence-corrected chi connectivity index (χ4v) is 5.15. The maximum absolute atomic E-state index is 12.9. The zero-order chi connectivity index (χ0) is 23.3. The Hall–Kier alpha value is -2.76. The third-order valence-corrected chi connectivity index (χ3v) is 6.72. The van der Waals surface area contributed by atoms with Crippen molar-refractivity contribution in [3.05, 3.63) is 48.2 Å². The number of benzene rings is 1. The number of phenols is 2. The summed E-state index contributed by atoms with van der Waals surface area (Å²) in [5.41, 5.74) is 0.440. The van der Waals surface area contributed by atoms with Gasteiger partial charge in [-0.3, -0.25) is 14.4 Å². The van der Waals surface area contributed by atoms with E-state index in [4.69, 9.17) is 0 Å². The predicted octanol–water partition coefficient (Wildman–Crippen LogP) is 1.12. The second kappa shape index (κ2) is 10.7. The highest BCUT2D eigenvalue weighted by Gasteiger charge is 2.37. The summed E-state index contributed by atoms with van der Waals surface area (Å²) in [6.07, 6.45) is 0.0195. The molecule has 0 saturated carbocycles. The van der Waals surface area contributed by atoms with Crippen LogP contribution < -0.4 is 5.32 Å². The number of carbonyl (C=O) groups excluding carboxylic acids is 3. The fourth-order valence-electron chi connectivity index (χ4n) is 3.07. The molecule has 2 amide bonds. The molecule has 2 aromatic rings. The Balaban J connectivity index is 1.56. The van der Waals surface area contributed by atoms with Gasteiger partial charge in [-0.15, -0.1) is 11.8 Å². The molecular weight excluding hydrogens is 454 g/mol. The summed E-state index contributed by atoms with van der Waals surface area (Å²) in [5, 5.41) is 31.9. The molecule has 3 atom stereocenters. The van der Waals surface area contributed by atoms with Crippen molar-refractivity contribution in [1.29, 1.82) is 0 Å².